The third kappa shape index (κ3) is 3.10. The molecule has 1 atom stereocenters. The number of hydrogen-bond acceptors (Lipinski definition) is 3. The van der Waals surface area contributed by atoms with Crippen molar-refractivity contribution in [3.8, 4) is 5.75 Å². The highest BCUT2D eigenvalue weighted by Gasteiger charge is 2.15. The van der Waals surface area contributed by atoms with Crippen molar-refractivity contribution in [3.05, 3.63) is 65.5 Å². The molecule has 2 aromatic carbocycles. The fourth-order valence-electron chi connectivity index (χ4n) is 2.00. The highest BCUT2D eigenvalue weighted by atomic mass is 19.1. The van der Waals surface area contributed by atoms with Gasteiger partial charge in [-0.1, -0.05) is 30.3 Å². The van der Waals surface area contributed by atoms with Crippen LogP contribution in [0.3, 0.4) is 0 Å². The van der Waals surface area contributed by atoms with Crippen molar-refractivity contribution in [2.75, 3.05) is 6.61 Å². The van der Waals surface area contributed by atoms with Crippen LogP contribution in [0, 0.1) is 5.82 Å². The SMILES string of the molecule is CCOc1ccc(C(NN)c2ccccc2F)cc1. The minimum Gasteiger partial charge on any atom is -0.494 e. The molecule has 3 N–H and O–H groups in total. The molecule has 0 spiro atoms. The van der Waals surface area contributed by atoms with Crippen molar-refractivity contribution < 1.29 is 9.13 Å². The summed E-state index contributed by atoms with van der Waals surface area (Å²) in [4.78, 5) is 0. The molecule has 0 saturated heterocycles. The van der Waals surface area contributed by atoms with E-state index in [2.05, 4.69) is 5.43 Å². The number of halogens is 1. The second-order valence-corrected chi connectivity index (χ2v) is 4.12. The quantitative estimate of drug-likeness (QED) is 0.642. The standard InChI is InChI=1S/C15H17FN2O/c1-2-19-12-9-7-11(8-10-12)15(18-17)13-5-3-4-6-14(13)16/h3-10,15,18H,2,17H2,1H3. The maximum atomic E-state index is 13.8. The molecule has 0 amide bonds. The van der Waals surface area contributed by atoms with Crippen LogP contribution in [0.4, 0.5) is 4.39 Å². The number of nitrogens with one attached hydrogen (secondary N) is 1. The molecule has 0 radical (unpaired) electrons. The van der Waals surface area contributed by atoms with Gasteiger partial charge in [0, 0.05) is 5.56 Å². The lowest BCUT2D eigenvalue weighted by Crippen LogP contribution is -2.29. The number of rotatable bonds is 5. The summed E-state index contributed by atoms with van der Waals surface area (Å²) in [6.07, 6.45) is 0. The summed E-state index contributed by atoms with van der Waals surface area (Å²) in [5.41, 5.74) is 4.05. The molecule has 0 fully saturated rings. The Kier molecular flexibility index (Phi) is 4.49. The Hall–Kier alpha value is -1.91. The summed E-state index contributed by atoms with van der Waals surface area (Å²) in [5.74, 6) is 6.06. The van der Waals surface area contributed by atoms with Crippen molar-refractivity contribution in [3.63, 3.8) is 0 Å². The largest absolute Gasteiger partial charge is 0.494 e. The van der Waals surface area contributed by atoms with E-state index in [1.165, 1.54) is 6.07 Å². The molecule has 0 aliphatic carbocycles. The second kappa shape index (κ2) is 6.31. The van der Waals surface area contributed by atoms with E-state index < -0.39 is 0 Å². The molecule has 0 heterocycles. The Balaban J connectivity index is 2.29. The van der Waals surface area contributed by atoms with Crippen LogP contribution in [-0.4, -0.2) is 6.61 Å². The van der Waals surface area contributed by atoms with Crippen molar-refractivity contribution in [1.82, 2.24) is 5.43 Å². The van der Waals surface area contributed by atoms with Gasteiger partial charge < -0.3 is 4.74 Å². The predicted molar refractivity (Wildman–Crippen MR) is 73.2 cm³/mol. The molecular weight excluding hydrogens is 243 g/mol. The Bertz CT molecular complexity index is 528. The van der Waals surface area contributed by atoms with Crippen molar-refractivity contribution in [1.29, 1.82) is 0 Å². The zero-order valence-corrected chi connectivity index (χ0v) is 10.8. The van der Waals surface area contributed by atoms with Crippen molar-refractivity contribution in [2.45, 2.75) is 13.0 Å². The first-order valence-corrected chi connectivity index (χ1v) is 6.19. The van der Waals surface area contributed by atoms with Crippen LogP contribution >= 0.6 is 0 Å². The maximum absolute atomic E-state index is 13.8. The van der Waals surface area contributed by atoms with E-state index in [0.717, 1.165) is 11.3 Å². The molecular formula is C15H17FN2O. The smallest absolute Gasteiger partial charge is 0.128 e. The zero-order chi connectivity index (χ0) is 13.7. The van der Waals surface area contributed by atoms with E-state index in [4.69, 9.17) is 10.6 Å². The van der Waals surface area contributed by atoms with Gasteiger partial charge in [-0.05, 0) is 30.7 Å². The predicted octanol–water partition coefficient (Wildman–Crippen LogP) is 2.78. The maximum Gasteiger partial charge on any atom is 0.128 e. The minimum atomic E-state index is -0.378. The van der Waals surface area contributed by atoms with Gasteiger partial charge in [-0.15, -0.1) is 0 Å². The van der Waals surface area contributed by atoms with Crippen molar-refractivity contribution in [2.24, 2.45) is 5.84 Å². The molecule has 2 rings (SSSR count). The highest BCUT2D eigenvalue weighted by molar-refractivity contribution is 5.35. The minimum absolute atomic E-state index is 0.278. The topological polar surface area (TPSA) is 47.3 Å². The van der Waals surface area contributed by atoms with E-state index in [0.29, 0.717) is 12.2 Å². The first kappa shape index (κ1) is 13.5. The number of ether oxygens (including phenoxy) is 1. The molecule has 0 bridgehead atoms. The first-order chi connectivity index (χ1) is 9.26. The summed E-state index contributed by atoms with van der Waals surface area (Å²) >= 11 is 0. The summed E-state index contributed by atoms with van der Waals surface area (Å²) < 4.78 is 19.2. The van der Waals surface area contributed by atoms with Crippen LogP contribution in [0.25, 0.3) is 0 Å². The number of hydrogen-bond donors (Lipinski definition) is 2. The van der Waals surface area contributed by atoms with Crippen LogP contribution in [0.5, 0.6) is 5.75 Å². The molecule has 0 aromatic heterocycles. The molecule has 100 valence electrons. The van der Waals surface area contributed by atoms with E-state index in [1.807, 2.05) is 31.2 Å². The zero-order valence-electron chi connectivity index (χ0n) is 10.8. The first-order valence-electron chi connectivity index (χ1n) is 6.19. The molecule has 0 aliphatic heterocycles. The van der Waals surface area contributed by atoms with Crippen LogP contribution in [0.15, 0.2) is 48.5 Å². The van der Waals surface area contributed by atoms with Gasteiger partial charge in [0.05, 0.1) is 12.6 Å². The Morgan fingerprint density at radius 1 is 1.16 bits per heavy atom. The summed E-state index contributed by atoms with van der Waals surface area (Å²) in [7, 11) is 0. The highest BCUT2D eigenvalue weighted by Crippen LogP contribution is 2.25. The normalized spacial score (nSPS) is 12.2. The lowest BCUT2D eigenvalue weighted by atomic mass is 9.99. The van der Waals surface area contributed by atoms with Gasteiger partial charge in [-0.3, -0.25) is 5.84 Å². The molecule has 0 aliphatic rings. The van der Waals surface area contributed by atoms with Gasteiger partial charge in [-0.25, -0.2) is 9.82 Å². The van der Waals surface area contributed by atoms with Gasteiger partial charge in [0.25, 0.3) is 0 Å². The molecule has 19 heavy (non-hydrogen) atoms. The van der Waals surface area contributed by atoms with Gasteiger partial charge in [0.15, 0.2) is 0 Å². The lowest BCUT2D eigenvalue weighted by molar-refractivity contribution is 0.340. The van der Waals surface area contributed by atoms with Crippen molar-refractivity contribution >= 4 is 0 Å². The number of hydrazine groups is 1. The van der Waals surface area contributed by atoms with Gasteiger partial charge in [0.1, 0.15) is 11.6 Å². The molecule has 4 heteroatoms. The molecule has 1 unspecified atom stereocenters. The number of benzene rings is 2. The van der Waals surface area contributed by atoms with Crippen LogP contribution in [0.2, 0.25) is 0 Å². The number of nitrogens with two attached hydrogens (primary N) is 1. The van der Waals surface area contributed by atoms with E-state index in [9.17, 15) is 4.39 Å². The Labute approximate surface area is 112 Å². The lowest BCUT2D eigenvalue weighted by Gasteiger charge is -2.18. The average Bonchev–Trinajstić information content (AvgIpc) is 2.44. The average molecular weight is 260 g/mol. The Morgan fingerprint density at radius 2 is 1.84 bits per heavy atom. The third-order valence-corrected chi connectivity index (χ3v) is 2.91. The molecule has 2 aromatic rings. The van der Waals surface area contributed by atoms with E-state index in [-0.39, 0.29) is 11.9 Å². The van der Waals surface area contributed by atoms with Gasteiger partial charge in [0.2, 0.25) is 0 Å². The summed E-state index contributed by atoms with van der Waals surface area (Å²) in [5, 5.41) is 0. The van der Waals surface area contributed by atoms with Gasteiger partial charge in [-0.2, -0.15) is 0 Å². The van der Waals surface area contributed by atoms with Crippen LogP contribution < -0.4 is 16.0 Å². The second-order valence-electron chi connectivity index (χ2n) is 4.12. The Morgan fingerprint density at radius 3 is 2.42 bits per heavy atom. The van der Waals surface area contributed by atoms with Crippen LogP contribution in [0.1, 0.15) is 24.1 Å². The van der Waals surface area contributed by atoms with E-state index in [1.54, 1.807) is 18.2 Å². The fourth-order valence-corrected chi connectivity index (χ4v) is 2.00. The molecule has 3 nitrogen and oxygen atoms in total. The monoisotopic (exact) mass is 260 g/mol. The summed E-state index contributed by atoms with van der Waals surface area (Å²) in [6, 6.07) is 13.7. The van der Waals surface area contributed by atoms with E-state index >= 15 is 0 Å². The fraction of sp³-hybridized carbons (Fsp3) is 0.200. The molecule has 0 saturated carbocycles. The van der Waals surface area contributed by atoms with Gasteiger partial charge >= 0.3 is 0 Å². The summed E-state index contributed by atoms with van der Waals surface area (Å²) in [6.45, 7) is 2.54. The van der Waals surface area contributed by atoms with Crippen LogP contribution in [-0.2, 0) is 0 Å². The third-order valence-electron chi connectivity index (χ3n) is 2.91.